The number of benzene rings is 1. The van der Waals surface area contributed by atoms with Gasteiger partial charge < -0.3 is 15.0 Å². The zero-order valence-electron chi connectivity index (χ0n) is 15.4. The van der Waals surface area contributed by atoms with Crippen LogP contribution in [0.2, 0.25) is 0 Å². The Morgan fingerprint density at radius 2 is 2.04 bits per heavy atom. The summed E-state index contributed by atoms with van der Waals surface area (Å²) in [6.45, 7) is 3.96. The van der Waals surface area contributed by atoms with Gasteiger partial charge in [0, 0.05) is 43.3 Å². The molecule has 1 N–H and O–H groups in total. The summed E-state index contributed by atoms with van der Waals surface area (Å²) < 4.78 is 5.69. The number of anilines is 1. The van der Waals surface area contributed by atoms with Crippen molar-refractivity contribution in [1.82, 2.24) is 19.8 Å². The molecule has 1 aromatic carbocycles. The summed E-state index contributed by atoms with van der Waals surface area (Å²) >= 11 is 0. The van der Waals surface area contributed by atoms with Crippen molar-refractivity contribution in [2.75, 3.05) is 31.5 Å². The highest BCUT2D eigenvalue weighted by atomic mass is 16.5. The quantitative estimate of drug-likeness (QED) is 0.897. The number of ether oxygens (including phenoxy) is 1. The van der Waals surface area contributed by atoms with E-state index in [0.29, 0.717) is 23.4 Å². The van der Waals surface area contributed by atoms with E-state index >= 15 is 0 Å². The fraction of sp³-hybridized carbons (Fsp3) is 0.450. The summed E-state index contributed by atoms with van der Waals surface area (Å²) in [6, 6.07) is 7.80. The van der Waals surface area contributed by atoms with E-state index in [1.807, 2.05) is 23.1 Å². The minimum atomic E-state index is -0.0458. The number of aromatic nitrogens is 2. The van der Waals surface area contributed by atoms with Crippen LogP contribution in [0, 0.1) is 0 Å². The molecule has 2 saturated heterocycles. The van der Waals surface area contributed by atoms with Gasteiger partial charge in [-0.3, -0.25) is 9.88 Å². The topological polar surface area (TPSA) is 70.6 Å². The molecule has 0 bridgehead atoms. The van der Waals surface area contributed by atoms with Crippen LogP contribution in [0.4, 0.5) is 10.5 Å². The Morgan fingerprint density at radius 3 is 2.85 bits per heavy atom. The number of carbonyl (C=O) groups excluding carboxylic acids is 1. The van der Waals surface area contributed by atoms with E-state index in [1.165, 1.54) is 32.4 Å². The summed E-state index contributed by atoms with van der Waals surface area (Å²) in [4.78, 5) is 25.3. The molecule has 0 radical (unpaired) electrons. The van der Waals surface area contributed by atoms with Gasteiger partial charge in [0.15, 0.2) is 0 Å². The molecule has 0 spiro atoms. The van der Waals surface area contributed by atoms with Gasteiger partial charge >= 0.3 is 6.03 Å². The molecular formula is C20H25N5O2. The van der Waals surface area contributed by atoms with Crippen molar-refractivity contribution in [1.29, 1.82) is 0 Å². The molecule has 4 rings (SSSR count). The standard InChI is InChI=1S/C20H25N5O2/c26-20(25-12-4-6-17(15-25)24-10-1-2-11-24)23-16-5-3-7-18(13-16)27-19-14-21-8-9-22-19/h3,5,7-9,13-14,17H,1-2,4,6,10-12,15H2,(H,23,26). The molecular weight excluding hydrogens is 342 g/mol. The van der Waals surface area contributed by atoms with Crippen LogP contribution in [0.15, 0.2) is 42.9 Å². The Labute approximate surface area is 159 Å². The summed E-state index contributed by atoms with van der Waals surface area (Å²) in [5.74, 6) is 1.03. The van der Waals surface area contributed by atoms with Crippen molar-refractivity contribution in [3.8, 4) is 11.6 Å². The zero-order valence-corrected chi connectivity index (χ0v) is 15.4. The second kappa shape index (κ2) is 8.35. The van der Waals surface area contributed by atoms with Gasteiger partial charge in [-0.25, -0.2) is 9.78 Å². The summed E-state index contributed by atoms with van der Waals surface area (Å²) in [7, 11) is 0. The lowest BCUT2D eigenvalue weighted by molar-refractivity contribution is 0.132. The first kappa shape index (κ1) is 17.7. The SMILES string of the molecule is O=C(Nc1cccc(Oc2cnccn2)c1)N1CCCC(N2CCCC2)C1. The van der Waals surface area contributed by atoms with Crippen molar-refractivity contribution in [2.45, 2.75) is 31.7 Å². The third-order valence-corrected chi connectivity index (χ3v) is 5.19. The van der Waals surface area contributed by atoms with Gasteiger partial charge in [-0.1, -0.05) is 6.07 Å². The molecule has 27 heavy (non-hydrogen) atoms. The molecule has 2 aliphatic rings. The first-order chi connectivity index (χ1) is 13.3. The molecule has 3 heterocycles. The van der Waals surface area contributed by atoms with Crippen LogP contribution < -0.4 is 10.1 Å². The first-order valence-corrected chi connectivity index (χ1v) is 9.62. The van der Waals surface area contributed by atoms with E-state index in [-0.39, 0.29) is 6.03 Å². The first-order valence-electron chi connectivity index (χ1n) is 9.62. The number of hydrogen-bond donors (Lipinski definition) is 1. The van der Waals surface area contributed by atoms with Crippen molar-refractivity contribution in [3.05, 3.63) is 42.9 Å². The molecule has 2 aromatic rings. The fourth-order valence-electron chi connectivity index (χ4n) is 3.84. The summed E-state index contributed by atoms with van der Waals surface area (Å²) in [6.07, 6.45) is 9.53. The maximum atomic E-state index is 12.7. The van der Waals surface area contributed by atoms with Gasteiger partial charge in [0.25, 0.3) is 0 Å². The molecule has 0 aliphatic carbocycles. The van der Waals surface area contributed by atoms with E-state index < -0.39 is 0 Å². The minimum absolute atomic E-state index is 0.0458. The second-order valence-electron chi connectivity index (χ2n) is 7.09. The van der Waals surface area contributed by atoms with Gasteiger partial charge in [0.05, 0.1) is 6.20 Å². The number of rotatable bonds is 4. The molecule has 7 heteroatoms. The number of urea groups is 1. The monoisotopic (exact) mass is 367 g/mol. The average molecular weight is 367 g/mol. The van der Waals surface area contributed by atoms with Crippen molar-refractivity contribution in [2.24, 2.45) is 0 Å². The third kappa shape index (κ3) is 4.54. The Morgan fingerprint density at radius 1 is 1.15 bits per heavy atom. The maximum Gasteiger partial charge on any atom is 0.321 e. The molecule has 142 valence electrons. The largest absolute Gasteiger partial charge is 0.437 e. The van der Waals surface area contributed by atoms with E-state index in [2.05, 4.69) is 20.2 Å². The second-order valence-corrected chi connectivity index (χ2v) is 7.09. The van der Waals surface area contributed by atoms with E-state index in [0.717, 1.165) is 19.5 Å². The lowest BCUT2D eigenvalue weighted by Gasteiger charge is -2.37. The smallest absolute Gasteiger partial charge is 0.321 e. The normalized spacial score (nSPS) is 20.4. The highest BCUT2D eigenvalue weighted by Crippen LogP contribution is 2.24. The molecule has 7 nitrogen and oxygen atoms in total. The predicted octanol–water partition coefficient (Wildman–Crippen LogP) is 3.36. The van der Waals surface area contributed by atoms with Crippen LogP contribution in [-0.4, -0.2) is 58.0 Å². The Hall–Kier alpha value is -2.67. The summed E-state index contributed by atoms with van der Waals surface area (Å²) in [5, 5.41) is 3.00. The molecule has 1 atom stereocenters. The summed E-state index contributed by atoms with van der Waals surface area (Å²) in [5.41, 5.74) is 0.713. The van der Waals surface area contributed by atoms with Gasteiger partial charge in [0.2, 0.25) is 5.88 Å². The maximum absolute atomic E-state index is 12.7. The van der Waals surface area contributed by atoms with Gasteiger partial charge in [-0.15, -0.1) is 0 Å². The minimum Gasteiger partial charge on any atom is -0.437 e. The molecule has 2 fully saturated rings. The predicted molar refractivity (Wildman–Crippen MR) is 103 cm³/mol. The molecule has 1 aromatic heterocycles. The van der Waals surface area contributed by atoms with Gasteiger partial charge in [-0.05, 0) is 50.9 Å². The van der Waals surface area contributed by atoms with Gasteiger partial charge in [0.1, 0.15) is 5.75 Å². The number of likely N-dealkylation sites (tertiary alicyclic amines) is 2. The van der Waals surface area contributed by atoms with E-state index in [4.69, 9.17) is 4.74 Å². The molecule has 2 aliphatic heterocycles. The van der Waals surface area contributed by atoms with Gasteiger partial charge in [-0.2, -0.15) is 0 Å². The van der Waals surface area contributed by atoms with E-state index in [9.17, 15) is 4.79 Å². The lowest BCUT2D eigenvalue weighted by atomic mass is 10.0. The van der Waals surface area contributed by atoms with Crippen molar-refractivity contribution in [3.63, 3.8) is 0 Å². The molecule has 2 amide bonds. The highest BCUT2D eigenvalue weighted by Gasteiger charge is 2.29. The van der Waals surface area contributed by atoms with Crippen LogP contribution >= 0.6 is 0 Å². The molecule has 0 saturated carbocycles. The zero-order chi connectivity index (χ0) is 18.5. The number of nitrogens with zero attached hydrogens (tertiary/aromatic N) is 4. The van der Waals surface area contributed by atoms with Crippen molar-refractivity contribution >= 4 is 11.7 Å². The Balaban J connectivity index is 1.36. The number of carbonyl (C=O) groups is 1. The van der Waals surface area contributed by atoms with Crippen LogP contribution in [0.5, 0.6) is 11.6 Å². The van der Waals surface area contributed by atoms with Crippen LogP contribution in [0.3, 0.4) is 0 Å². The number of amides is 2. The van der Waals surface area contributed by atoms with E-state index in [1.54, 1.807) is 24.7 Å². The fourth-order valence-corrected chi connectivity index (χ4v) is 3.84. The number of piperidine rings is 1. The van der Waals surface area contributed by atoms with Crippen LogP contribution in [0.1, 0.15) is 25.7 Å². The number of hydrogen-bond acceptors (Lipinski definition) is 5. The number of nitrogens with one attached hydrogen (secondary N) is 1. The average Bonchev–Trinajstić information content (AvgIpc) is 3.24. The van der Waals surface area contributed by atoms with Crippen LogP contribution in [-0.2, 0) is 0 Å². The molecule has 1 unspecified atom stereocenters. The van der Waals surface area contributed by atoms with Crippen molar-refractivity contribution < 1.29 is 9.53 Å². The Bertz CT molecular complexity index is 764. The Kier molecular flexibility index (Phi) is 5.48. The highest BCUT2D eigenvalue weighted by molar-refractivity contribution is 5.89. The van der Waals surface area contributed by atoms with Crippen LogP contribution in [0.25, 0.3) is 0 Å². The lowest BCUT2D eigenvalue weighted by Crippen LogP contribution is -2.50. The third-order valence-electron chi connectivity index (χ3n) is 5.19.